The lowest BCUT2D eigenvalue weighted by atomic mass is 10.1. The fraction of sp³-hybridized carbons (Fsp3) is 0.143. The van der Waals surface area contributed by atoms with Crippen molar-refractivity contribution in [3.63, 3.8) is 0 Å². The second-order valence-corrected chi connectivity index (χ2v) is 7.22. The second kappa shape index (κ2) is 8.68. The highest BCUT2D eigenvalue weighted by molar-refractivity contribution is 6.31. The van der Waals surface area contributed by atoms with Gasteiger partial charge in [-0.15, -0.1) is 0 Å². The van der Waals surface area contributed by atoms with Gasteiger partial charge in [-0.2, -0.15) is 0 Å². The van der Waals surface area contributed by atoms with E-state index in [-0.39, 0.29) is 0 Å². The van der Waals surface area contributed by atoms with Gasteiger partial charge in [0, 0.05) is 38.4 Å². The van der Waals surface area contributed by atoms with Crippen molar-refractivity contribution in [1.82, 2.24) is 0 Å². The van der Waals surface area contributed by atoms with E-state index in [2.05, 4.69) is 5.32 Å². The van der Waals surface area contributed by atoms with Crippen LogP contribution in [-0.2, 0) is 13.2 Å². The second-order valence-electron chi connectivity index (χ2n) is 5.94. The van der Waals surface area contributed by atoms with Crippen molar-refractivity contribution in [2.24, 2.45) is 0 Å². The first-order valence-electron chi connectivity index (χ1n) is 8.17. The SMILES string of the molecule is Cc1ccc(Cl)cc1NCc1cc(Cl)ccc1OCc1ccccc1Cl. The summed E-state index contributed by atoms with van der Waals surface area (Å²) in [6.45, 7) is 3.00. The van der Waals surface area contributed by atoms with E-state index in [1.807, 2.05) is 67.6 Å². The molecule has 0 aliphatic heterocycles. The van der Waals surface area contributed by atoms with Gasteiger partial charge in [-0.05, 0) is 48.9 Å². The summed E-state index contributed by atoms with van der Waals surface area (Å²) in [5.41, 5.74) is 4.00. The van der Waals surface area contributed by atoms with Crippen LogP contribution in [0.1, 0.15) is 16.7 Å². The van der Waals surface area contributed by atoms with Gasteiger partial charge in [0.2, 0.25) is 0 Å². The number of nitrogens with one attached hydrogen (secondary N) is 1. The molecule has 0 unspecified atom stereocenters. The van der Waals surface area contributed by atoms with Crippen LogP contribution < -0.4 is 10.1 Å². The highest BCUT2D eigenvalue weighted by Gasteiger charge is 2.08. The molecule has 0 fully saturated rings. The summed E-state index contributed by atoms with van der Waals surface area (Å²) in [6.07, 6.45) is 0. The standard InChI is InChI=1S/C21H18Cl3NO/c1-14-6-7-18(23)11-20(14)25-12-16-10-17(22)8-9-21(16)26-13-15-4-2-3-5-19(15)24/h2-11,25H,12-13H2,1H3. The van der Waals surface area contributed by atoms with Gasteiger partial charge in [-0.1, -0.05) is 59.1 Å². The van der Waals surface area contributed by atoms with Crippen LogP contribution >= 0.6 is 34.8 Å². The molecule has 3 rings (SSSR count). The summed E-state index contributed by atoms with van der Waals surface area (Å²) in [5, 5.41) is 5.44. The summed E-state index contributed by atoms with van der Waals surface area (Å²) >= 11 is 18.5. The van der Waals surface area contributed by atoms with Crippen LogP contribution in [0.5, 0.6) is 5.75 Å². The van der Waals surface area contributed by atoms with Crippen LogP contribution in [0.4, 0.5) is 5.69 Å². The highest BCUT2D eigenvalue weighted by Crippen LogP contribution is 2.27. The van der Waals surface area contributed by atoms with E-state index in [0.29, 0.717) is 28.2 Å². The molecule has 0 bridgehead atoms. The molecule has 0 aromatic heterocycles. The minimum atomic E-state index is 0.393. The molecule has 134 valence electrons. The molecule has 3 aromatic rings. The first kappa shape index (κ1) is 18.9. The fourth-order valence-corrected chi connectivity index (χ4v) is 3.13. The monoisotopic (exact) mass is 405 g/mol. The van der Waals surface area contributed by atoms with E-state index >= 15 is 0 Å². The van der Waals surface area contributed by atoms with Gasteiger partial charge in [0.1, 0.15) is 12.4 Å². The minimum Gasteiger partial charge on any atom is -0.488 e. The predicted octanol–water partition coefficient (Wildman–Crippen LogP) is 7.15. The quantitative estimate of drug-likeness (QED) is 0.469. The number of hydrogen-bond acceptors (Lipinski definition) is 2. The van der Waals surface area contributed by atoms with Crippen LogP contribution in [0.15, 0.2) is 60.7 Å². The summed E-state index contributed by atoms with van der Waals surface area (Å²) in [7, 11) is 0. The zero-order valence-electron chi connectivity index (χ0n) is 14.2. The summed E-state index contributed by atoms with van der Waals surface area (Å²) in [5.74, 6) is 0.765. The number of hydrogen-bond donors (Lipinski definition) is 1. The van der Waals surface area contributed by atoms with Gasteiger partial charge in [0.15, 0.2) is 0 Å². The van der Waals surface area contributed by atoms with Crippen LogP contribution in [0.3, 0.4) is 0 Å². The predicted molar refractivity (Wildman–Crippen MR) is 111 cm³/mol. The molecule has 3 aromatic carbocycles. The Morgan fingerprint density at radius 1 is 0.846 bits per heavy atom. The molecular formula is C21H18Cl3NO. The molecule has 0 saturated heterocycles. The lowest BCUT2D eigenvalue weighted by Gasteiger charge is -2.15. The average molecular weight is 407 g/mol. The Bertz CT molecular complexity index is 912. The summed E-state index contributed by atoms with van der Waals surface area (Å²) in [4.78, 5) is 0. The molecule has 0 heterocycles. The molecule has 0 spiro atoms. The van der Waals surface area contributed by atoms with E-state index < -0.39 is 0 Å². The van der Waals surface area contributed by atoms with Gasteiger partial charge in [0.05, 0.1) is 0 Å². The lowest BCUT2D eigenvalue weighted by molar-refractivity contribution is 0.303. The maximum Gasteiger partial charge on any atom is 0.124 e. The van der Waals surface area contributed by atoms with Gasteiger partial charge in [0.25, 0.3) is 0 Å². The van der Waals surface area contributed by atoms with Gasteiger partial charge >= 0.3 is 0 Å². The molecule has 1 N–H and O–H groups in total. The van der Waals surface area contributed by atoms with Gasteiger partial charge in [-0.3, -0.25) is 0 Å². The maximum atomic E-state index is 6.20. The first-order valence-corrected chi connectivity index (χ1v) is 9.31. The van der Waals surface area contributed by atoms with Crippen molar-refractivity contribution >= 4 is 40.5 Å². The summed E-state index contributed by atoms with van der Waals surface area (Å²) < 4.78 is 5.99. The molecule has 0 radical (unpaired) electrons. The van der Waals surface area contributed by atoms with Crippen LogP contribution in [0, 0.1) is 6.92 Å². The van der Waals surface area contributed by atoms with E-state index in [1.165, 1.54) is 0 Å². The van der Waals surface area contributed by atoms with E-state index in [9.17, 15) is 0 Å². The Labute approximate surface area is 168 Å². The van der Waals surface area contributed by atoms with E-state index in [1.54, 1.807) is 0 Å². The van der Waals surface area contributed by atoms with Crippen molar-refractivity contribution in [3.05, 3.63) is 92.4 Å². The Morgan fingerprint density at radius 2 is 1.58 bits per heavy atom. The highest BCUT2D eigenvalue weighted by atomic mass is 35.5. The fourth-order valence-electron chi connectivity index (χ4n) is 2.57. The Balaban J connectivity index is 1.75. The molecule has 26 heavy (non-hydrogen) atoms. The third-order valence-corrected chi connectivity index (χ3v) is 4.87. The third-order valence-electron chi connectivity index (χ3n) is 4.03. The zero-order valence-corrected chi connectivity index (χ0v) is 16.5. The molecule has 0 aliphatic rings. The van der Waals surface area contributed by atoms with Crippen LogP contribution in [0.2, 0.25) is 15.1 Å². The lowest BCUT2D eigenvalue weighted by Crippen LogP contribution is -2.05. The minimum absolute atomic E-state index is 0.393. The van der Waals surface area contributed by atoms with Crippen molar-refractivity contribution in [2.45, 2.75) is 20.1 Å². The van der Waals surface area contributed by atoms with E-state index in [4.69, 9.17) is 39.5 Å². The molecule has 5 heteroatoms. The smallest absolute Gasteiger partial charge is 0.124 e. The number of halogens is 3. The third kappa shape index (κ3) is 4.85. The van der Waals surface area contributed by atoms with Crippen LogP contribution in [0.25, 0.3) is 0 Å². The number of aryl methyl sites for hydroxylation is 1. The molecule has 0 saturated carbocycles. The normalized spacial score (nSPS) is 10.6. The van der Waals surface area contributed by atoms with Crippen molar-refractivity contribution in [1.29, 1.82) is 0 Å². The number of benzene rings is 3. The molecule has 0 amide bonds. The van der Waals surface area contributed by atoms with Gasteiger partial charge in [-0.25, -0.2) is 0 Å². The van der Waals surface area contributed by atoms with E-state index in [0.717, 1.165) is 28.1 Å². The number of ether oxygens (including phenoxy) is 1. The largest absolute Gasteiger partial charge is 0.488 e. The van der Waals surface area contributed by atoms with Crippen LogP contribution in [-0.4, -0.2) is 0 Å². The molecular weight excluding hydrogens is 389 g/mol. The first-order chi connectivity index (χ1) is 12.5. The van der Waals surface area contributed by atoms with Gasteiger partial charge < -0.3 is 10.1 Å². The van der Waals surface area contributed by atoms with Crippen molar-refractivity contribution in [3.8, 4) is 5.75 Å². The maximum absolute atomic E-state index is 6.20. The molecule has 0 atom stereocenters. The molecule has 2 nitrogen and oxygen atoms in total. The Morgan fingerprint density at radius 3 is 2.38 bits per heavy atom. The van der Waals surface area contributed by atoms with Crippen molar-refractivity contribution in [2.75, 3.05) is 5.32 Å². The topological polar surface area (TPSA) is 21.3 Å². The zero-order chi connectivity index (χ0) is 18.5. The Kier molecular flexibility index (Phi) is 6.31. The number of rotatable bonds is 6. The summed E-state index contributed by atoms with van der Waals surface area (Å²) in [6, 6.07) is 19.0. The molecule has 0 aliphatic carbocycles. The Hall–Kier alpha value is -1.87. The van der Waals surface area contributed by atoms with Crippen molar-refractivity contribution < 1.29 is 4.74 Å². The average Bonchev–Trinajstić information content (AvgIpc) is 2.63. The number of anilines is 1.